The fourth-order valence-corrected chi connectivity index (χ4v) is 0. The molecule has 0 unspecified atom stereocenters. The van der Waals surface area contributed by atoms with Gasteiger partial charge < -0.3 is 20.1 Å². The largest absolute Gasteiger partial charge is 0.759 e. The van der Waals surface area contributed by atoms with Crippen LogP contribution < -0.4 is 0 Å². The van der Waals surface area contributed by atoms with E-state index in [0.717, 1.165) is 0 Å². The number of hydrogen-bond acceptors (Lipinski definition) is 4. The zero-order chi connectivity index (χ0) is 4.50. The van der Waals surface area contributed by atoms with Gasteiger partial charge in [-0.3, -0.25) is 8.42 Å². The van der Waals surface area contributed by atoms with Crippen LogP contribution in [0.15, 0.2) is 0 Å². The Bertz CT molecular complexity index is 94.2. The third-order valence-corrected chi connectivity index (χ3v) is 0. The summed E-state index contributed by atoms with van der Waals surface area (Å²) in [6.45, 7) is 0. The zero-order valence-electron chi connectivity index (χ0n) is 3.94. The molecular weight excluding hydrogens is 372 g/mol. The van der Waals surface area contributed by atoms with Crippen LogP contribution in [-0.4, -0.2) is 77.3 Å². The topological polar surface area (TPSA) is 143 Å². The van der Waals surface area contributed by atoms with Gasteiger partial charge in [-0.05, 0) is 0 Å². The monoisotopic (exact) mass is 374 g/mol. The minimum atomic E-state index is -5.17. The molecule has 0 saturated heterocycles. The third-order valence-electron chi connectivity index (χ3n) is 0. The average molecular weight is 376 g/mol. The Hall–Kier alpha value is 1.43. The predicted octanol–water partition coefficient (Wildman–Crippen LogP) is -3.75. The van der Waals surface area contributed by atoms with Crippen molar-refractivity contribution < 1.29 is 28.5 Å². The van der Waals surface area contributed by atoms with E-state index in [1.807, 2.05) is 0 Å². The van der Waals surface area contributed by atoms with E-state index in [2.05, 4.69) is 0 Å². The van der Waals surface area contributed by atoms with E-state index in [-0.39, 0.29) is 59.8 Å². The first-order valence-electron chi connectivity index (χ1n) is 0.667. The molecular formula is H4O6SSb2-2. The molecule has 0 aliphatic carbocycles. The van der Waals surface area contributed by atoms with Gasteiger partial charge >= 0.3 is 0 Å². The molecule has 9 heteroatoms. The predicted molar refractivity (Wildman–Crippen MR) is 29.2 cm³/mol. The van der Waals surface area contributed by atoms with Crippen LogP contribution in [0.4, 0.5) is 0 Å². The molecule has 0 spiro atoms. The molecule has 4 N–H and O–H groups in total. The van der Waals surface area contributed by atoms with Gasteiger partial charge in [0.15, 0.2) is 0 Å². The van der Waals surface area contributed by atoms with Crippen molar-refractivity contribution in [3.8, 4) is 0 Å². The summed E-state index contributed by atoms with van der Waals surface area (Å²) >= 11 is 0. The SMILES string of the molecule is O.O.O=S(=O)([O-])[O-].[Sb].[Sb]. The molecule has 0 aliphatic heterocycles. The van der Waals surface area contributed by atoms with Crippen LogP contribution in [0.2, 0.25) is 0 Å². The summed E-state index contributed by atoms with van der Waals surface area (Å²) in [5.41, 5.74) is 0. The number of rotatable bonds is 0. The summed E-state index contributed by atoms with van der Waals surface area (Å²) in [5.74, 6) is 0. The van der Waals surface area contributed by atoms with Crippen LogP contribution in [0.25, 0.3) is 0 Å². The molecule has 0 atom stereocenters. The van der Waals surface area contributed by atoms with E-state index in [1.165, 1.54) is 0 Å². The van der Waals surface area contributed by atoms with Crippen molar-refractivity contribution in [3.63, 3.8) is 0 Å². The fraction of sp³-hybridized carbons (Fsp3) is 0. The van der Waals surface area contributed by atoms with Crippen molar-refractivity contribution in [1.29, 1.82) is 0 Å². The van der Waals surface area contributed by atoms with E-state index in [1.54, 1.807) is 0 Å². The maximum atomic E-state index is 8.52. The summed E-state index contributed by atoms with van der Waals surface area (Å²) in [6.07, 6.45) is 0. The molecule has 58 valence electrons. The Balaban J connectivity index is -0.0000000133. The molecule has 0 bridgehead atoms. The van der Waals surface area contributed by atoms with Gasteiger partial charge in [0.1, 0.15) is 0 Å². The molecule has 6 nitrogen and oxygen atoms in total. The molecule has 0 aromatic rings. The van der Waals surface area contributed by atoms with Gasteiger partial charge in [0.05, 0.1) is 0 Å². The summed E-state index contributed by atoms with van der Waals surface area (Å²) in [7, 11) is -5.17. The van der Waals surface area contributed by atoms with E-state index in [4.69, 9.17) is 17.5 Å². The van der Waals surface area contributed by atoms with Crippen molar-refractivity contribution in [2.24, 2.45) is 0 Å². The molecule has 0 aromatic heterocycles. The maximum absolute atomic E-state index is 8.52. The minimum absolute atomic E-state index is 0. The first-order chi connectivity index (χ1) is 2.00. The van der Waals surface area contributed by atoms with Gasteiger partial charge in [-0.25, -0.2) is 0 Å². The first kappa shape index (κ1) is 31.5. The quantitative estimate of drug-likeness (QED) is 0.243. The van der Waals surface area contributed by atoms with Gasteiger partial charge in [-0.15, -0.1) is 0 Å². The van der Waals surface area contributed by atoms with Crippen molar-refractivity contribution in [2.45, 2.75) is 0 Å². The van der Waals surface area contributed by atoms with E-state index in [9.17, 15) is 0 Å². The van der Waals surface area contributed by atoms with Gasteiger partial charge in [0, 0.05) is 59.3 Å². The molecule has 6 radical (unpaired) electrons. The van der Waals surface area contributed by atoms with Crippen LogP contribution in [-0.2, 0) is 10.4 Å². The maximum Gasteiger partial charge on any atom is 0.0311 e. The smallest absolute Gasteiger partial charge is 0.0311 e. The van der Waals surface area contributed by atoms with Gasteiger partial charge in [0.25, 0.3) is 0 Å². The third kappa shape index (κ3) is 256. The first-order valence-corrected chi connectivity index (χ1v) is 2.00. The Labute approximate surface area is 87.1 Å². The summed E-state index contributed by atoms with van der Waals surface area (Å²) < 4.78 is 34.1. The van der Waals surface area contributed by atoms with Gasteiger partial charge in [0.2, 0.25) is 0 Å². The number of hydrogen-bond donors (Lipinski definition) is 0. The van der Waals surface area contributed by atoms with Crippen LogP contribution >= 0.6 is 0 Å². The summed E-state index contributed by atoms with van der Waals surface area (Å²) in [5, 5.41) is 0. The normalized spacial score (nSPS) is 6.44. The fourth-order valence-electron chi connectivity index (χ4n) is 0. The van der Waals surface area contributed by atoms with Crippen LogP contribution in [0.1, 0.15) is 0 Å². The van der Waals surface area contributed by atoms with Crippen molar-refractivity contribution in [2.75, 3.05) is 0 Å². The van der Waals surface area contributed by atoms with E-state index >= 15 is 0 Å². The Kier molecular flexibility index (Phi) is 42.4. The molecule has 9 heavy (non-hydrogen) atoms. The molecule has 0 rings (SSSR count). The second-order valence-corrected chi connectivity index (χ2v) is 1.22. The zero-order valence-corrected chi connectivity index (χ0v) is 9.86. The van der Waals surface area contributed by atoms with Crippen LogP contribution in [0, 0.1) is 0 Å². The minimum Gasteiger partial charge on any atom is -0.759 e. The Morgan fingerprint density at radius 3 is 0.889 bits per heavy atom. The van der Waals surface area contributed by atoms with Gasteiger partial charge in [-0.1, -0.05) is 0 Å². The molecule has 0 fully saturated rings. The molecule has 0 saturated carbocycles. The summed E-state index contributed by atoms with van der Waals surface area (Å²) in [4.78, 5) is 0. The Morgan fingerprint density at radius 2 is 0.889 bits per heavy atom. The molecule has 0 heterocycles. The van der Waals surface area contributed by atoms with Crippen molar-refractivity contribution >= 4 is 59.3 Å². The van der Waals surface area contributed by atoms with Crippen LogP contribution in [0.5, 0.6) is 0 Å². The average Bonchev–Trinajstić information content (AvgIpc) is 0.722. The van der Waals surface area contributed by atoms with E-state index < -0.39 is 10.4 Å². The standard InChI is InChI=1S/H2O4S.2H2O.2Sb/c1-5(2,3)4;;;;/h(H2,1,2,3,4);2*1H2;;/p-2. The molecule has 0 amide bonds. The van der Waals surface area contributed by atoms with Crippen LogP contribution in [0.3, 0.4) is 0 Å². The Morgan fingerprint density at radius 1 is 0.889 bits per heavy atom. The summed E-state index contributed by atoms with van der Waals surface area (Å²) in [6, 6.07) is 0. The second-order valence-electron chi connectivity index (χ2n) is 0.408. The second kappa shape index (κ2) is 12.1. The van der Waals surface area contributed by atoms with Crippen molar-refractivity contribution in [1.82, 2.24) is 0 Å². The van der Waals surface area contributed by atoms with E-state index in [0.29, 0.717) is 0 Å². The molecule has 0 aliphatic rings. The molecule has 0 aromatic carbocycles. The van der Waals surface area contributed by atoms with Gasteiger partial charge in [-0.2, -0.15) is 0 Å². The van der Waals surface area contributed by atoms with Crippen molar-refractivity contribution in [3.05, 3.63) is 0 Å².